The summed E-state index contributed by atoms with van der Waals surface area (Å²) in [6, 6.07) is -2.17. The van der Waals surface area contributed by atoms with Crippen LogP contribution < -0.4 is 0 Å². The molecule has 0 N–H and O–H groups in total. The van der Waals surface area contributed by atoms with E-state index in [4.69, 9.17) is 37.4 Å². The Kier molecular flexibility index (Phi) is 5.88. The molecule has 134 valence electrons. The van der Waals surface area contributed by atoms with Crippen molar-refractivity contribution in [2.45, 2.75) is 52.0 Å². The van der Waals surface area contributed by atoms with E-state index in [1.165, 1.54) is 0 Å². The molecule has 0 aliphatic heterocycles. The van der Waals surface area contributed by atoms with E-state index in [1.807, 2.05) is 13.8 Å². The van der Waals surface area contributed by atoms with Crippen LogP contribution in [0.5, 0.6) is 0 Å². The van der Waals surface area contributed by atoms with Crippen molar-refractivity contribution in [1.82, 2.24) is 0 Å². The Balaban J connectivity index is 1.90. The van der Waals surface area contributed by atoms with Gasteiger partial charge in [-0.2, -0.15) is 8.42 Å². The Labute approximate surface area is 153 Å². The number of halogens is 3. The summed E-state index contributed by atoms with van der Waals surface area (Å²) in [5.74, 6) is 0.161. The Morgan fingerprint density at radius 3 is 2.39 bits per heavy atom. The van der Waals surface area contributed by atoms with Gasteiger partial charge >= 0.3 is 6.00 Å². The average Bonchev–Trinajstić information content (AvgIpc) is 2.70. The van der Waals surface area contributed by atoms with Gasteiger partial charge in [-0.05, 0) is 36.6 Å². The summed E-state index contributed by atoms with van der Waals surface area (Å²) in [6.45, 7) is 4.10. The first-order valence-corrected chi connectivity index (χ1v) is 14.7. The van der Waals surface area contributed by atoms with Crippen molar-refractivity contribution in [1.29, 1.82) is 0 Å². The van der Waals surface area contributed by atoms with Gasteiger partial charge in [0.2, 0.25) is 0 Å². The number of hydrogen-bond donors (Lipinski definition) is 0. The van der Waals surface area contributed by atoms with E-state index in [1.54, 1.807) is 0 Å². The molecule has 2 atom stereocenters. The van der Waals surface area contributed by atoms with Crippen LogP contribution in [-0.4, -0.2) is 32.6 Å². The van der Waals surface area contributed by atoms with Crippen molar-refractivity contribution in [2.75, 3.05) is 12.4 Å². The van der Waals surface area contributed by atoms with E-state index in [9.17, 15) is 13.2 Å². The van der Waals surface area contributed by atoms with Crippen molar-refractivity contribution in [2.24, 2.45) is 16.7 Å². The van der Waals surface area contributed by atoms with E-state index in [0.717, 1.165) is 6.42 Å². The lowest BCUT2D eigenvalue weighted by molar-refractivity contribution is -0.128. The number of fused-ring (bicyclic) bond motifs is 2. The fraction of sp³-hybridized carbons (Fsp3) is 0.929. The lowest BCUT2D eigenvalue weighted by Gasteiger charge is -2.35. The van der Waals surface area contributed by atoms with E-state index in [0.29, 0.717) is 37.6 Å². The molecule has 2 aliphatic carbocycles. The quantitative estimate of drug-likeness (QED) is 0.255. The third kappa shape index (κ3) is 4.26. The van der Waals surface area contributed by atoms with Gasteiger partial charge < -0.3 is 0 Å². The predicted molar refractivity (Wildman–Crippen MR) is 95.7 cm³/mol. The summed E-state index contributed by atoms with van der Waals surface area (Å²) in [4.78, 5) is 12.4. The van der Waals surface area contributed by atoms with Crippen molar-refractivity contribution >= 4 is 55.1 Å². The van der Waals surface area contributed by atoms with E-state index < -0.39 is 21.5 Å². The molecule has 2 saturated carbocycles. The Morgan fingerprint density at radius 1 is 1.26 bits per heavy atom. The molecule has 2 aliphatic rings. The second-order valence-corrected chi connectivity index (χ2v) is 18.2. The maximum atomic E-state index is 12.4. The molecule has 9 heteroatoms. The summed E-state index contributed by atoms with van der Waals surface area (Å²) in [5, 5.41) is 0. The number of carbonyl (C=O) groups excluding carboxylic acids is 1. The number of carbonyl (C=O) groups is 1. The summed E-state index contributed by atoms with van der Waals surface area (Å²) in [5.41, 5.74) is -1.05. The first-order valence-electron chi connectivity index (χ1n) is 7.87. The smallest absolute Gasteiger partial charge is 0.299 e. The van der Waals surface area contributed by atoms with Gasteiger partial charge in [0.25, 0.3) is 10.1 Å². The third-order valence-corrected chi connectivity index (χ3v) is 9.67. The molecule has 2 fully saturated rings. The third-order valence-electron chi connectivity index (χ3n) is 5.68. The standard InChI is InChI=1S/C14H23Cl3O4SSi/c1-13(2)11-5-6-14(13,12(18)9-11)10-22(19,20)21-7-3-4-8-23(15,16)17/h11H,3-10H2,1-2H3/t11-,14-/m0/s1. The number of rotatable bonds is 8. The number of Topliss-reactive ketones (excluding diaryl/α,β-unsaturated/α-hetero) is 1. The van der Waals surface area contributed by atoms with Crippen molar-refractivity contribution in [3.8, 4) is 0 Å². The summed E-state index contributed by atoms with van der Waals surface area (Å²) < 4.78 is 29.7. The van der Waals surface area contributed by atoms with Crippen molar-refractivity contribution < 1.29 is 17.4 Å². The second-order valence-electron chi connectivity index (χ2n) is 7.26. The minimum atomic E-state index is -3.74. The summed E-state index contributed by atoms with van der Waals surface area (Å²) in [6.07, 6.45) is 3.20. The van der Waals surface area contributed by atoms with E-state index >= 15 is 0 Å². The number of unbranched alkanes of at least 4 members (excludes halogenated alkanes) is 1. The first-order chi connectivity index (χ1) is 10.4. The molecule has 4 nitrogen and oxygen atoms in total. The minimum absolute atomic E-state index is 0.0750. The van der Waals surface area contributed by atoms with Crippen LogP contribution in [0.3, 0.4) is 0 Å². The zero-order chi connectivity index (χ0) is 17.5. The van der Waals surface area contributed by atoms with Gasteiger partial charge in [0.1, 0.15) is 5.78 Å². The second kappa shape index (κ2) is 6.76. The summed E-state index contributed by atoms with van der Waals surface area (Å²) >= 11 is 17.3. The molecule has 0 aromatic rings. The van der Waals surface area contributed by atoms with Crippen LogP contribution in [0.15, 0.2) is 0 Å². The highest BCUT2D eigenvalue weighted by molar-refractivity contribution is 7.86. The molecule has 0 unspecified atom stereocenters. The zero-order valence-electron chi connectivity index (χ0n) is 13.4. The van der Waals surface area contributed by atoms with Crippen LogP contribution in [0.1, 0.15) is 46.0 Å². The topological polar surface area (TPSA) is 60.4 Å². The van der Waals surface area contributed by atoms with E-state index in [2.05, 4.69) is 0 Å². The molecule has 0 aromatic heterocycles. The number of ketones is 1. The van der Waals surface area contributed by atoms with Crippen LogP contribution >= 0.6 is 33.2 Å². The highest BCUT2D eigenvalue weighted by Crippen LogP contribution is 2.64. The molecular weight excluding hydrogens is 399 g/mol. The Hall–Kier alpha value is 0.667. The minimum Gasteiger partial charge on any atom is -0.299 e. The largest absolute Gasteiger partial charge is 0.341 e. The maximum Gasteiger partial charge on any atom is 0.341 e. The van der Waals surface area contributed by atoms with Gasteiger partial charge in [0.15, 0.2) is 0 Å². The van der Waals surface area contributed by atoms with E-state index in [-0.39, 0.29) is 23.6 Å². The molecule has 2 rings (SSSR count). The number of hydrogen-bond acceptors (Lipinski definition) is 4. The molecule has 23 heavy (non-hydrogen) atoms. The van der Waals surface area contributed by atoms with Crippen LogP contribution in [0, 0.1) is 16.7 Å². The van der Waals surface area contributed by atoms with Gasteiger partial charge in [-0.15, -0.1) is 33.2 Å². The van der Waals surface area contributed by atoms with Gasteiger partial charge in [-0.3, -0.25) is 8.98 Å². The van der Waals surface area contributed by atoms with Crippen molar-refractivity contribution in [3.63, 3.8) is 0 Å². The van der Waals surface area contributed by atoms with Gasteiger partial charge in [0, 0.05) is 6.42 Å². The SMILES string of the molecule is CC1(C)[C@H]2CC[C@]1(CS(=O)(=O)OCCCC[Si](Cl)(Cl)Cl)C(=O)C2. The molecule has 0 saturated heterocycles. The molecular formula is C14H23Cl3O4SSi. The lowest BCUT2D eigenvalue weighted by Crippen LogP contribution is -2.42. The van der Waals surface area contributed by atoms with Crippen LogP contribution in [-0.2, 0) is 19.1 Å². The fourth-order valence-corrected chi connectivity index (χ4v) is 7.65. The molecule has 0 aromatic carbocycles. The maximum absolute atomic E-state index is 12.4. The normalized spacial score (nSPS) is 30.1. The molecule has 0 amide bonds. The Bertz CT molecular complexity index is 573. The predicted octanol–water partition coefficient (Wildman–Crippen LogP) is 4.16. The molecule has 2 bridgehead atoms. The van der Waals surface area contributed by atoms with Crippen LogP contribution in [0.25, 0.3) is 0 Å². The van der Waals surface area contributed by atoms with Gasteiger partial charge in [-0.25, -0.2) is 0 Å². The average molecular weight is 422 g/mol. The molecule has 0 heterocycles. The molecule has 0 radical (unpaired) electrons. The highest BCUT2D eigenvalue weighted by Gasteiger charge is 2.65. The Morgan fingerprint density at radius 2 is 1.91 bits per heavy atom. The lowest BCUT2D eigenvalue weighted by atomic mass is 9.70. The highest BCUT2D eigenvalue weighted by atomic mass is 35.8. The fourth-order valence-electron chi connectivity index (χ4n) is 4.07. The van der Waals surface area contributed by atoms with Gasteiger partial charge in [-0.1, -0.05) is 20.3 Å². The zero-order valence-corrected chi connectivity index (χ0v) is 17.5. The monoisotopic (exact) mass is 420 g/mol. The van der Waals surface area contributed by atoms with Crippen LogP contribution in [0.2, 0.25) is 6.04 Å². The first kappa shape index (κ1) is 20.0. The van der Waals surface area contributed by atoms with Crippen molar-refractivity contribution in [3.05, 3.63) is 0 Å². The van der Waals surface area contributed by atoms with Crippen LogP contribution in [0.4, 0.5) is 0 Å². The molecule has 0 spiro atoms. The van der Waals surface area contributed by atoms with Gasteiger partial charge in [0.05, 0.1) is 17.8 Å². The summed E-state index contributed by atoms with van der Waals surface area (Å²) in [7, 11) is -3.74.